The normalized spacial score (nSPS) is 25.6. The van der Waals surface area contributed by atoms with Crippen molar-refractivity contribution in [3.05, 3.63) is 50.6 Å². The van der Waals surface area contributed by atoms with Crippen molar-refractivity contribution < 1.29 is 9.59 Å². The lowest BCUT2D eigenvalue weighted by Crippen LogP contribution is -2.31. The van der Waals surface area contributed by atoms with E-state index in [9.17, 15) is 14.4 Å². The van der Waals surface area contributed by atoms with Crippen molar-refractivity contribution >= 4 is 45.8 Å². The van der Waals surface area contributed by atoms with E-state index >= 15 is 0 Å². The van der Waals surface area contributed by atoms with Gasteiger partial charge in [0.05, 0.1) is 10.9 Å². The summed E-state index contributed by atoms with van der Waals surface area (Å²) in [6.45, 7) is 0. The molecule has 1 saturated heterocycles. The first-order valence-electron chi connectivity index (χ1n) is 7.44. The van der Waals surface area contributed by atoms with E-state index in [1.165, 1.54) is 11.8 Å². The number of benzene rings is 1. The first-order chi connectivity index (χ1) is 11.6. The number of aromatic nitrogens is 2. The fraction of sp³-hybridized carbons (Fsp3) is 0.188. The van der Waals surface area contributed by atoms with Crippen molar-refractivity contribution in [2.45, 2.75) is 16.2 Å². The summed E-state index contributed by atoms with van der Waals surface area (Å²) in [7, 11) is 0. The van der Waals surface area contributed by atoms with Crippen LogP contribution < -0.4 is 10.2 Å². The van der Waals surface area contributed by atoms with E-state index in [-0.39, 0.29) is 22.6 Å². The molecular weight excluding hydrogens is 346 g/mol. The highest BCUT2D eigenvalue weighted by Crippen LogP contribution is 2.51. The van der Waals surface area contributed by atoms with E-state index in [1.54, 1.807) is 0 Å². The van der Waals surface area contributed by atoms with Crippen LogP contribution in [0.5, 0.6) is 0 Å². The van der Waals surface area contributed by atoms with Crippen LogP contribution in [-0.2, 0) is 9.59 Å². The van der Waals surface area contributed by atoms with Crippen molar-refractivity contribution in [2.24, 2.45) is 5.92 Å². The molecule has 2 aliphatic rings. The molecule has 0 radical (unpaired) electrons. The molecule has 2 aromatic heterocycles. The van der Waals surface area contributed by atoms with Gasteiger partial charge in [0.1, 0.15) is 5.25 Å². The molecule has 2 amide bonds. The minimum Gasteiger partial charge on any atom is -0.361 e. The highest BCUT2D eigenvalue weighted by atomic mass is 32.2. The fourth-order valence-corrected chi connectivity index (χ4v) is 6.10. The number of rotatable bonds is 1. The van der Waals surface area contributed by atoms with Crippen LogP contribution in [0.15, 0.2) is 40.3 Å². The van der Waals surface area contributed by atoms with Crippen molar-refractivity contribution in [1.82, 2.24) is 15.3 Å². The number of fused-ring (bicyclic) bond motifs is 3. The maximum Gasteiger partial charge on any atom is 0.305 e. The van der Waals surface area contributed by atoms with Gasteiger partial charge >= 0.3 is 4.87 Å². The molecule has 1 aromatic carbocycles. The van der Waals surface area contributed by atoms with Crippen LogP contribution in [0.4, 0.5) is 0 Å². The van der Waals surface area contributed by atoms with E-state index < -0.39 is 11.2 Å². The minimum atomic E-state index is -0.506. The summed E-state index contributed by atoms with van der Waals surface area (Å²) in [6, 6.07) is 7.83. The molecule has 0 bridgehead atoms. The van der Waals surface area contributed by atoms with Gasteiger partial charge in [-0.25, -0.2) is 0 Å². The SMILES string of the molecule is O=C1NC(=O)[C@H]2Sc3[nH]c(=O)sc3[C@H](c3c[nH]c4ccccc34)[C@@H]12. The number of thioether (sulfide) groups is 1. The second-order valence-electron chi connectivity index (χ2n) is 5.89. The van der Waals surface area contributed by atoms with Crippen molar-refractivity contribution in [1.29, 1.82) is 0 Å². The van der Waals surface area contributed by atoms with Gasteiger partial charge in [-0.15, -0.1) is 0 Å². The Hall–Kier alpha value is -2.32. The lowest BCUT2D eigenvalue weighted by Gasteiger charge is -2.29. The van der Waals surface area contributed by atoms with Gasteiger partial charge in [-0.3, -0.25) is 19.7 Å². The lowest BCUT2D eigenvalue weighted by atomic mass is 9.83. The second kappa shape index (κ2) is 4.84. The van der Waals surface area contributed by atoms with Crippen molar-refractivity contribution in [2.75, 3.05) is 0 Å². The maximum atomic E-state index is 12.4. The Labute approximate surface area is 143 Å². The molecule has 8 heteroatoms. The summed E-state index contributed by atoms with van der Waals surface area (Å²) in [5, 5.41) is 3.64. The molecule has 4 heterocycles. The number of aromatic amines is 2. The molecule has 24 heavy (non-hydrogen) atoms. The Bertz CT molecular complexity index is 1060. The topological polar surface area (TPSA) is 94.8 Å². The van der Waals surface area contributed by atoms with Gasteiger partial charge in [-0.05, 0) is 11.6 Å². The van der Waals surface area contributed by atoms with E-state index in [0.29, 0.717) is 5.03 Å². The fourth-order valence-electron chi connectivity index (χ4n) is 3.62. The third-order valence-corrected chi connectivity index (χ3v) is 7.03. The number of carbonyl (C=O) groups is 2. The molecule has 0 aliphatic carbocycles. The summed E-state index contributed by atoms with van der Waals surface area (Å²) in [6.07, 6.45) is 1.88. The zero-order valence-electron chi connectivity index (χ0n) is 12.2. The van der Waals surface area contributed by atoms with Crippen LogP contribution in [0.3, 0.4) is 0 Å². The minimum absolute atomic E-state index is 0.162. The average molecular weight is 357 g/mol. The first-order valence-corrected chi connectivity index (χ1v) is 9.13. The molecule has 1 fully saturated rings. The van der Waals surface area contributed by atoms with Crippen LogP contribution in [0.1, 0.15) is 16.4 Å². The number of carbonyl (C=O) groups excluding carboxylic acids is 2. The molecule has 2 aliphatic heterocycles. The van der Waals surface area contributed by atoms with Crippen LogP contribution in [-0.4, -0.2) is 27.0 Å². The summed E-state index contributed by atoms with van der Waals surface area (Å²) in [5.74, 6) is -1.35. The largest absolute Gasteiger partial charge is 0.361 e. The third kappa shape index (κ3) is 1.81. The molecule has 120 valence electrons. The molecule has 0 unspecified atom stereocenters. The molecule has 3 N–H and O–H groups in total. The van der Waals surface area contributed by atoms with Crippen LogP contribution in [0, 0.1) is 5.92 Å². The molecule has 3 aromatic rings. The van der Waals surface area contributed by atoms with Gasteiger partial charge < -0.3 is 9.97 Å². The first kappa shape index (κ1) is 14.1. The summed E-state index contributed by atoms with van der Waals surface area (Å²) >= 11 is 2.40. The van der Waals surface area contributed by atoms with E-state index in [2.05, 4.69) is 15.3 Å². The number of hydrogen-bond donors (Lipinski definition) is 3. The zero-order chi connectivity index (χ0) is 16.4. The Kier molecular flexibility index (Phi) is 2.84. The molecule has 3 atom stereocenters. The number of nitrogens with one attached hydrogen (secondary N) is 3. The average Bonchev–Trinajstić information content (AvgIpc) is 3.22. The molecule has 0 saturated carbocycles. The molecule has 5 rings (SSSR count). The Morgan fingerprint density at radius 1 is 1.04 bits per heavy atom. The number of imide groups is 1. The van der Waals surface area contributed by atoms with Crippen molar-refractivity contribution in [3.8, 4) is 0 Å². The third-order valence-electron chi connectivity index (χ3n) is 4.62. The van der Waals surface area contributed by atoms with Crippen molar-refractivity contribution in [3.63, 3.8) is 0 Å². The number of H-pyrrole nitrogens is 2. The van der Waals surface area contributed by atoms with Gasteiger partial charge in [0.25, 0.3) is 0 Å². The van der Waals surface area contributed by atoms with Crippen LogP contribution in [0.2, 0.25) is 0 Å². The Balaban J connectivity index is 1.79. The Morgan fingerprint density at radius 3 is 2.75 bits per heavy atom. The number of thiazole rings is 1. The lowest BCUT2D eigenvalue weighted by molar-refractivity contribution is -0.125. The highest BCUT2D eigenvalue weighted by molar-refractivity contribution is 8.00. The van der Waals surface area contributed by atoms with Gasteiger partial charge in [0, 0.05) is 27.9 Å². The van der Waals surface area contributed by atoms with Crippen LogP contribution in [0.25, 0.3) is 10.9 Å². The number of hydrogen-bond acceptors (Lipinski definition) is 5. The summed E-state index contributed by atoms with van der Waals surface area (Å²) in [5.41, 5.74) is 1.92. The molecule has 6 nitrogen and oxygen atoms in total. The predicted octanol–water partition coefficient (Wildman–Crippen LogP) is 1.80. The quantitative estimate of drug-likeness (QED) is 0.579. The predicted molar refractivity (Wildman–Crippen MR) is 91.4 cm³/mol. The van der Waals surface area contributed by atoms with Gasteiger partial charge in [0.2, 0.25) is 11.8 Å². The van der Waals surface area contributed by atoms with Gasteiger partial charge in [-0.1, -0.05) is 41.3 Å². The molecule has 0 spiro atoms. The Morgan fingerprint density at radius 2 is 1.88 bits per heavy atom. The highest BCUT2D eigenvalue weighted by Gasteiger charge is 2.52. The van der Waals surface area contributed by atoms with E-state index in [0.717, 1.165) is 32.7 Å². The summed E-state index contributed by atoms with van der Waals surface area (Å²) in [4.78, 5) is 43.2. The van der Waals surface area contributed by atoms with Gasteiger partial charge in [0.15, 0.2) is 0 Å². The molecular formula is C16H11N3O3S2. The standard InChI is InChI=1S/C16H11N3O3S2/c20-13-10-9(7-5-17-8-4-2-1-3-6(7)8)12-15(19-16(22)24-12)23-11(10)14(21)18-13/h1-5,9-11,17H,(H,19,22)(H,18,20,21)/t9-,10-,11+/m1/s1. The van der Waals surface area contributed by atoms with E-state index in [1.807, 2.05) is 30.5 Å². The number of para-hydroxylation sites is 1. The van der Waals surface area contributed by atoms with Gasteiger partial charge in [-0.2, -0.15) is 0 Å². The summed E-state index contributed by atoms with van der Waals surface area (Å²) < 4.78 is 0. The monoisotopic (exact) mass is 357 g/mol. The zero-order valence-corrected chi connectivity index (χ0v) is 13.8. The van der Waals surface area contributed by atoms with E-state index in [4.69, 9.17) is 0 Å². The second-order valence-corrected chi connectivity index (χ2v) is 8.06. The smallest absolute Gasteiger partial charge is 0.305 e. The van der Waals surface area contributed by atoms with Crippen LogP contribution >= 0.6 is 23.1 Å². The maximum absolute atomic E-state index is 12.4. The number of amides is 2.